The number of hydrogen-bond donors (Lipinski definition) is 2. The average Bonchev–Trinajstić information content (AvgIpc) is 2.61. The van der Waals surface area contributed by atoms with Gasteiger partial charge in [0.1, 0.15) is 5.15 Å². The van der Waals surface area contributed by atoms with Crippen molar-refractivity contribution in [2.45, 2.75) is 32.2 Å². The van der Waals surface area contributed by atoms with Crippen molar-refractivity contribution in [3.63, 3.8) is 0 Å². The molecule has 1 aromatic rings. The number of aryl methyl sites for hydroxylation is 2. The van der Waals surface area contributed by atoms with E-state index >= 15 is 0 Å². The van der Waals surface area contributed by atoms with Crippen molar-refractivity contribution < 1.29 is 23.4 Å². The van der Waals surface area contributed by atoms with Crippen LogP contribution in [0.15, 0.2) is 0 Å². The third-order valence-electron chi connectivity index (χ3n) is 3.04. The standard InChI is InChI=1S/C12H19ClF3N3O2/c1-8-10(11(13)18(2)17-8)6-19(5-9(21)7-20)4-3-12(14,15)16/h9,20-21H,3-7H2,1-2H3/t9-/m0/s1. The maximum Gasteiger partial charge on any atom is 0.390 e. The molecular formula is C12H19ClF3N3O2. The highest BCUT2D eigenvalue weighted by atomic mass is 35.5. The van der Waals surface area contributed by atoms with Crippen molar-refractivity contribution in [2.75, 3.05) is 19.7 Å². The molecule has 0 radical (unpaired) electrons. The average molecular weight is 330 g/mol. The van der Waals surface area contributed by atoms with Crippen LogP contribution in [0.2, 0.25) is 5.15 Å². The summed E-state index contributed by atoms with van der Waals surface area (Å²) in [5.41, 5.74) is 1.24. The summed E-state index contributed by atoms with van der Waals surface area (Å²) in [6.07, 6.45) is -6.38. The monoisotopic (exact) mass is 329 g/mol. The number of nitrogens with zero attached hydrogens (tertiary/aromatic N) is 3. The van der Waals surface area contributed by atoms with Crippen LogP contribution in [0.1, 0.15) is 17.7 Å². The first-order valence-corrected chi connectivity index (χ1v) is 6.78. The molecule has 1 aromatic heterocycles. The third-order valence-corrected chi connectivity index (χ3v) is 3.52. The van der Waals surface area contributed by atoms with E-state index in [1.807, 2.05) is 0 Å². The molecule has 0 saturated carbocycles. The summed E-state index contributed by atoms with van der Waals surface area (Å²) < 4.78 is 38.5. The van der Waals surface area contributed by atoms with E-state index in [2.05, 4.69) is 5.10 Å². The van der Waals surface area contributed by atoms with E-state index in [0.29, 0.717) is 16.4 Å². The molecule has 9 heteroatoms. The topological polar surface area (TPSA) is 61.5 Å². The molecule has 1 atom stereocenters. The Hall–Kier alpha value is -0.830. The van der Waals surface area contributed by atoms with E-state index in [0.717, 1.165) is 0 Å². The Kier molecular flexibility index (Phi) is 6.45. The highest BCUT2D eigenvalue weighted by molar-refractivity contribution is 6.30. The van der Waals surface area contributed by atoms with Crippen LogP contribution < -0.4 is 0 Å². The van der Waals surface area contributed by atoms with Gasteiger partial charge in [0, 0.05) is 32.2 Å². The van der Waals surface area contributed by atoms with Crippen LogP contribution in [-0.2, 0) is 13.6 Å². The van der Waals surface area contributed by atoms with E-state index in [1.165, 1.54) is 9.58 Å². The first kappa shape index (κ1) is 18.2. The van der Waals surface area contributed by atoms with Gasteiger partial charge in [-0.3, -0.25) is 9.58 Å². The molecule has 0 spiro atoms. The summed E-state index contributed by atoms with van der Waals surface area (Å²) >= 11 is 6.06. The molecule has 1 rings (SSSR count). The van der Waals surface area contributed by atoms with Gasteiger partial charge < -0.3 is 10.2 Å². The van der Waals surface area contributed by atoms with Gasteiger partial charge in [-0.05, 0) is 6.92 Å². The minimum atomic E-state index is -4.28. The molecule has 1 heterocycles. The Morgan fingerprint density at radius 1 is 1.43 bits per heavy atom. The van der Waals surface area contributed by atoms with Crippen LogP contribution in [0.5, 0.6) is 0 Å². The van der Waals surface area contributed by atoms with Crippen molar-refractivity contribution >= 4 is 11.6 Å². The molecule has 0 aliphatic rings. The maximum absolute atomic E-state index is 12.4. The number of aliphatic hydroxyl groups excluding tert-OH is 2. The normalized spacial score (nSPS) is 14.0. The number of hydrogen-bond acceptors (Lipinski definition) is 4. The SMILES string of the molecule is Cc1nn(C)c(Cl)c1CN(CCC(F)(F)F)C[C@H](O)CO. The molecule has 0 aromatic carbocycles. The van der Waals surface area contributed by atoms with Crippen LogP contribution in [-0.4, -0.2) is 56.9 Å². The van der Waals surface area contributed by atoms with Crippen LogP contribution in [0.3, 0.4) is 0 Å². The smallest absolute Gasteiger partial charge is 0.390 e. The summed E-state index contributed by atoms with van der Waals surface area (Å²) in [5, 5.41) is 22.7. The van der Waals surface area contributed by atoms with Crippen molar-refractivity contribution in [1.29, 1.82) is 0 Å². The van der Waals surface area contributed by atoms with Gasteiger partial charge in [-0.2, -0.15) is 18.3 Å². The van der Waals surface area contributed by atoms with Gasteiger partial charge in [0.05, 0.1) is 24.8 Å². The van der Waals surface area contributed by atoms with Crippen molar-refractivity contribution in [1.82, 2.24) is 14.7 Å². The maximum atomic E-state index is 12.4. The lowest BCUT2D eigenvalue weighted by molar-refractivity contribution is -0.139. The second kappa shape index (κ2) is 7.44. The van der Waals surface area contributed by atoms with Crippen LogP contribution in [0, 0.1) is 6.92 Å². The zero-order valence-corrected chi connectivity index (χ0v) is 12.6. The Balaban J connectivity index is 2.80. The second-order valence-electron chi connectivity index (χ2n) is 4.92. The van der Waals surface area contributed by atoms with E-state index in [-0.39, 0.29) is 19.6 Å². The third kappa shape index (κ3) is 5.82. The van der Waals surface area contributed by atoms with Gasteiger partial charge in [-0.15, -0.1) is 0 Å². The first-order chi connectivity index (χ1) is 9.64. The summed E-state index contributed by atoms with van der Waals surface area (Å²) in [6, 6.07) is 0. The van der Waals surface area contributed by atoms with Gasteiger partial charge in [-0.25, -0.2) is 0 Å². The molecule has 0 saturated heterocycles. The van der Waals surface area contributed by atoms with Gasteiger partial charge >= 0.3 is 6.18 Å². The first-order valence-electron chi connectivity index (χ1n) is 6.40. The van der Waals surface area contributed by atoms with E-state index < -0.39 is 25.3 Å². The second-order valence-corrected chi connectivity index (χ2v) is 5.27. The van der Waals surface area contributed by atoms with Crippen molar-refractivity contribution in [2.24, 2.45) is 7.05 Å². The lowest BCUT2D eigenvalue weighted by Gasteiger charge is -2.25. The molecule has 2 N–H and O–H groups in total. The summed E-state index contributed by atoms with van der Waals surface area (Å²) in [7, 11) is 1.64. The summed E-state index contributed by atoms with van der Waals surface area (Å²) in [5.74, 6) is 0. The fourth-order valence-corrected chi connectivity index (χ4v) is 2.19. The lowest BCUT2D eigenvalue weighted by atomic mass is 10.2. The molecule has 21 heavy (non-hydrogen) atoms. The highest BCUT2D eigenvalue weighted by Gasteiger charge is 2.28. The summed E-state index contributed by atoms with van der Waals surface area (Å²) in [6.45, 7) is 0.974. The zero-order chi connectivity index (χ0) is 16.2. The molecule has 5 nitrogen and oxygen atoms in total. The van der Waals surface area contributed by atoms with E-state index in [1.54, 1.807) is 14.0 Å². The number of rotatable bonds is 7. The lowest BCUT2D eigenvalue weighted by Crippen LogP contribution is -2.36. The van der Waals surface area contributed by atoms with Crippen LogP contribution in [0.4, 0.5) is 13.2 Å². The predicted molar refractivity (Wildman–Crippen MR) is 72.0 cm³/mol. The van der Waals surface area contributed by atoms with Gasteiger partial charge in [0.25, 0.3) is 0 Å². The zero-order valence-electron chi connectivity index (χ0n) is 11.9. The molecule has 0 amide bonds. The fourth-order valence-electron chi connectivity index (χ4n) is 1.95. The van der Waals surface area contributed by atoms with E-state index in [9.17, 15) is 18.3 Å². The van der Waals surface area contributed by atoms with Crippen LogP contribution in [0.25, 0.3) is 0 Å². The Labute approximate surface area is 125 Å². The molecule has 0 fully saturated rings. The van der Waals surface area contributed by atoms with Crippen molar-refractivity contribution in [3.05, 3.63) is 16.4 Å². The molecule has 122 valence electrons. The fraction of sp³-hybridized carbons (Fsp3) is 0.750. The summed E-state index contributed by atoms with van der Waals surface area (Å²) in [4.78, 5) is 1.41. The minimum absolute atomic E-state index is 0.0722. The molecule has 0 unspecified atom stereocenters. The number of aromatic nitrogens is 2. The van der Waals surface area contributed by atoms with Gasteiger partial charge in [-0.1, -0.05) is 11.6 Å². The van der Waals surface area contributed by atoms with Crippen molar-refractivity contribution in [3.8, 4) is 0 Å². The van der Waals surface area contributed by atoms with E-state index in [4.69, 9.17) is 16.7 Å². The molecule has 0 aliphatic carbocycles. The number of alkyl halides is 3. The molecular weight excluding hydrogens is 311 g/mol. The number of halogens is 4. The Morgan fingerprint density at radius 3 is 2.48 bits per heavy atom. The largest absolute Gasteiger partial charge is 0.394 e. The molecule has 0 aliphatic heterocycles. The Morgan fingerprint density at radius 2 is 2.05 bits per heavy atom. The Bertz CT molecular complexity index is 465. The predicted octanol–water partition coefficient (Wildman–Crippen LogP) is 1.49. The minimum Gasteiger partial charge on any atom is -0.394 e. The van der Waals surface area contributed by atoms with Gasteiger partial charge in [0.2, 0.25) is 0 Å². The van der Waals surface area contributed by atoms with Gasteiger partial charge in [0.15, 0.2) is 0 Å². The molecule has 0 bridgehead atoms. The number of aliphatic hydroxyl groups is 2. The quantitative estimate of drug-likeness (QED) is 0.795. The van der Waals surface area contributed by atoms with Crippen LogP contribution >= 0.6 is 11.6 Å². The highest BCUT2D eigenvalue weighted by Crippen LogP contribution is 2.23.